The molecular formula is C15H16O2. The predicted molar refractivity (Wildman–Crippen MR) is 69.6 cm³/mol. The second-order valence-corrected chi connectivity index (χ2v) is 4.30. The number of fused-ring (bicyclic) bond motifs is 1. The van der Waals surface area contributed by atoms with Gasteiger partial charge in [-0.2, -0.15) is 0 Å². The minimum Gasteiger partial charge on any atom is -0.497 e. The minimum absolute atomic E-state index is 0.0403. The normalized spacial score (nSPS) is 12.4. The zero-order valence-corrected chi connectivity index (χ0v) is 10.4. The molecule has 2 aromatic rings. The van der Waals surface area contributed by atoms with Gasteiger partial charge in [-0.05, 0) is 35.4 Å². The third-order valence-electron chi connectivity index (χ3n) is 3.18. The zero-order valence-electron chi connectivity index (χ0n) is 10.4. The van der Waals surface area contributed by atoms with E-state index in [9.17, 15) is 4.79 Å². The number of Topliss-reactive ketones (excluding diaryl/α,β-unsaturated/α-hetero) is 1. The predicted octanol–water partition coefficient (Wildman–Crippen LogP) is 3.54. The van der Waals surface area contributed by atoms with Crippen molar-refractivity contribution >= 4 is 16.6 Å². The van der Waals surface area contributed by atoms with Crippen LogP contribution in [0, 0.1) is 0 Å². The van der Waals surface area contributed by atoms with Crippen LogP contribution in [0.5, 0.6) is 5.75 Å². The Morgan fingerprint density at radius 1 is 1.12 bits per heavy atom. The van der Waals surface area contributed by atoms with Crippen LogP contribution in [0.1, 0.15) is 25.3 Å². The molecule has 1 atom stereocenters. The molecule has 0 fully saturated rings. The van der Waals surface area contributed by atoms with Gasteiger partial charge in [-0.15, -0.1) is 0 Å². The molecule has 88 valence electrons. The van der Waals surface area contributed by atoms with E-state index >= 15 is 0 Å². The highest BCUT2D eigenvalue weighted by Crippen LogP contribution is 2.25. The Balaban J connectivity index is 2.48. The van der Waals surface area contributed by atoms with Crippen LogP contribution >= 0.6 is 0 Å². The smallest absolute Gasteiger partial charge is 0.136 e. The Labute approximate surface area is 101 Å². The lowest BCUT2D eigenvalue weighted by Gasteiger charge is -2.09. The lowest BCUT2D eigenvalue weighted by atomic mass is 9.95. The van der Waals surface area contributed by atoms with E-state index in [2.05, 4.69) is 6.07 Å². The molecule has 2 heteroatoms. The summed E-state index contributed by atoms with van der Waals surface area (Å²) < 4.78 is 5.18. The number of ketones is 1. The van der Waals surface area contributed by atoms with E-state index < -0.39 is 0 Å². The maximum atomic E-state index is 11.4. The van der Waals surface area contributed by atoms with Crippen molar-refractivity contribution < 1.29 is 9.53 Å². The third-order valence-corrected chi connectivity index (χ3v) is 3.18. The van der Waals surface area contributed by atoms with Gasteiger partial charge in [0.25, 0.3) is 0 Å². The first-order valence-electron chi connectivity index (χ1n) is 5.70. The monoisotopic (exact) mass is 228 g/mol. The summed E-state index contributed by atoms with van der Waals surface area (Å²) in [6.07, 6.45) is 0. The largest absolute Gasteiger partial charge is 0.497 e. The fraction of sp³-hybridized carbons (Fsp3) is 0.267. The van der Waals surface area contributed by atoms with Crippen LogP contribution < -0.4 is 4.74 Å². The SMILES string of the molecule is COc1ccc2cc([C@@H](C)C(C)=O)ccc2c1. The fourth-order valence-electron chi connectivity index (χ4n) is 1.87. The van der Waals surface area contributed by atoms with Gasteiger partial charge in [0.2, 0.25) is 0 Å². The van der Waals surface area contributed by atoms with Crippen molar-refractivity contribution in [3.8, 4) is 5.75 Å². The highest BCUT2D eigenvalue weighted by molar-refractivity contribution is 5.88. The number of benzene rings is 2. The molecule has 0 aromatic heterocycles. The van der Waals surface area contributed by atoms with E-state index in [1.807, 2.05) is 37.3 Å². The van der Waals surface area contributed by atoms with Gasteiger partial charge in [0.1, 0.15) is 11.5 Å². The molecule has 0 aliphatic carbocycles. The van der Waals surface area contributed by atoms with Gasteiger partial charge in [0.05, 0.1) is 7.11 Å². The second-order valence-electron chi connectivity index (χ2n) is 4.30. The van der Waals surface area contributed by atoms with E-state index in [1.165, 1.54) is 0 Å². The molecule has 2 nitrogen and oxygen atoms in total. The van der Waals surface area contributed by atoms with Crippen molar-refractivity contribution in [2.75, 3.05) is 7.11 Å². The van der Waals surface area contributed by atoms with Crippen LogP contribution in [-0.4, -0.2) is 12.9 Å². The number of ether oxygens (including phenoxy) is 1. The number of hydrogen-bond donors (Lipinski definition) is 0. The molecule has 2 aromatic carbocycles. The fourth-order valence-corrected chi connectivity index (χ4v) is 1.87. The Hall–Kier alpha value is -1.83. The lowest BCUT2D eigenvalue weighted by Crippen LogP contribution is -2.03. The molecule has 0 aliphatic rings. The maximum absolute atomic E-state index is 11.4. The van der Waals surface area contributed by atoms with E-state index in [4.69, 9.17) is 4.74 Å². The van der Waals surface area contributed by atoms with Crippen molar-refractivity contribution in [1.29, 1.82) is 0 Å². The molecule has 0 unspecified atom stereocenters. The van der Waals surface area contributed by atoms with Gasteiger partial charge < -0.3 is 4.74 Å². The van der Waals surface area contributed by atoms with Gasteiger partial charge in [0.15, 0.2) is 0 Å². The van der Waals surface area contributed by atoms with Crippen LogP contribution in [0.25, 0.3) is 10.8 Å². The van der Waals surface area contributed by atoms with Crippen molar-refractivity contribution in [2.24, 2.45) is 0 Å². The molecule has 0 bridgehead atoms. The quantitative estimate of drug-likeness (QED) is 0.803. The highest BCUT2D eigenvalue weighted by Gasteiger charge is 2.10. The van der Waals surface area contributed by atoms with Crippen LogP contribution in [-0.2, 0) is 4.79 Å². The minimum atomic E-state index is -0.0403. The number of carbonyl (C=O) groups excluding carboxylic acids is 1. The number of rotatable bonds is 3. The van der Waals surface area contributed by atoms with Crippen LogP contribution in [0.15, 0.2) is 36.4 Å². The summed E-state index contributed by atoms with van der Waals surface area (Å²) in [5.74, 6) is 1.00. The average Bonchev–Trinajstić information content (AvgIpc) is 2.36. The van der Waals surface area contributed by atoms with Crippen molar-refractivity contribution in [2.45, 2.75) is 19.8 Å². The number of carbonyl (C=O) groups is 1. The highest BCUT2D eigenvalue weighted by atomic mass is 16.5. The number of methoxy groups -OCH3 is 1. The van der Waals surface area contributed by atoms with E-state index in [0.717, 1.165) is 22.1 Å². The number of hydrogen-bond acceptors (Lipinski definition) is 2. The standard InChI is InChI=1S/C15H16O2/c1-10(11(2)16)12-4-5-14-9-15(17-3)7-6-13(14)8-12/h4-10H,1-3H3/t10-/m0/s1. The first-order valence-corrected chi connectivity index (χ1v) is 5.70. The molecule has 0 amide bonds. The topological polar surface area (TPSA) is 26.3 Å². The van der Waals surface area contributed by atoms with E-state index in [1.54, 1.807) is 14.0 Å². The summed E-state index contributed by atoms with van der Waals surface area (Å²) >= 11 is 0. The van der Waals surface area contributed by atoms with Crippen LogP contribution in [0.2, 0.25) is 0 Å². The molecule has 0 saturated heterocycles. The summed E-state index contributed by atoms with van der Waals surface area (Å²) in [7, 11) is 1.66. The zero-order chi connectivity index (χ0) is 12.4. The van der Waals surface area contributed by atoms with Crippen LogP contribution in [0.3, 0.4) is 0 Å². The van der Waals surface area contributed by atoms with Crippen LogP contribution in [0.4, 0.5) is 0 Å². The molecule has 0 N–H and O–H groups in total. The molecule has 0 heterocycles. The van der Waals surface area contributed by atoms with Gasteiger partial charge in [0, 0.05) is 5.92 Å². The first kappa shape index (κ1) is 11.6. The van der Waals surface area contributed by atoms with Crippen molar-refractivity contribution in [3.05, 3.63) is 42.0 Å². The Morgan fingerprint density at radius 3 is 2.41 bits per heavy atom. The first-order chi connectivity index (χ1) is 8.11. The lowest BCUT2D eigenvalue weighted by molar-refractivity contribution is -0.118. The third kappa shape index (κ3) is 2.31. The summed E-state index contributed by atoms with van der Waals surface area (Å²) in [5, 5.41) is 2.26. The Morgan fingerprint density at radius 2 is 1.76 bits per heavy atom. The average molecular weight is 228 g/mol. The van der Waals surface area contributed by atoms with Gasteiger partial charge in [-0.1, -0.05) is 31.2 Å². The molecule has 2 rings (SSSR count). The van der Waals surface area contributed by atoms with Crippen molar-refractivity contribution in [1.82, 2.24) is 0 Å². The summed E-state index contributed by atoms with van der Waals surface area (Å²) in [6.45, 7) is 3.57. The van der Waals surface area contributed by atoms with Gasteiger partial charge in [-0.3, -0.25) is 4.79 Å². The van der Waals surface area contributed by atoms with Crippen molar-refractivity contribution in [3.63, 3.8) is 0 Å². The molecule has 0 radical (unpaired) electrons. The summed E-state index contributed by atoms with van der Waals surface area (Å²) in [5.41, 5.74) is 1.06. The maximum Gasteiger partial charge on any atom is 0.136 e. The van der Waals surface area contributed by atoms with E-state index in [0.29, 0.717) is 0 Å². The Kier molecular flexibility index (Phi) is 3.14. The molecule has 0 aliphatic heterocycles. The Bertz CT molecular complexity index is 558. The van der Waals surface area contributed by atoms with Gasteiger partial charge in [-0.25, -0.2) is 0 Å². The molecule has 0 saturated carbocycles. The van der Waals surface area contributed by atoms with E-state index in [-0.39, 0.29) is 11.7 Å². The van der Waals surface area contributed by atoms with Gasteiger partial charge >= 0.3 is 0 Å². The molecule has 0 spiro atoms. The molecular weight excluding hydrogens is 212 g/mol. The summed E-state index contributed by atoms with van der Waals surface area (Å²) in [6, 6.07) is 12.1. The second kappa shape index (κ2) is 4.58. The summed E-state index contributed by atoms with van der Waals surface area (Å²) in [4.78, 5) is 11.4. The molecule has 17 heavy (non-hydrogen) atoms.